The molecule has 0 atom stereocenters. The van der Waals surface area contributed by atoms with Crippen LogP contribution in [0.4, 0.5) is 4.39 Å². The van der Waals surface area contributed by atoms with Gasteiger partial charge in [-0.15, -0.1) is 0 Å². The summed E-state index contributed by atoms with van der Waals surface area (Å²) in [6.07, 6.45) is 1.73. The zero-order chi connectivity index (χ0) is 13.0. The number of aromatic nitrogens is 2. The first-order valence-electron chi connectivity index (χ1n) is 5.15. The molecule has 0 spiro atoms. The fourth-order valence-corrected chi connectivity index (χ4v) is 1.58. The summed E-state index contributed by atoms with van der Waals surface area (Å²) in [4.78, 5) is 15.5. The van der Waals surface area contributed by atoms with Crippen molar-refractivity contribution in [2.75, 3.05) is 6.54 Å². The molecule has 7 heteroatoms. The van der Waals surface area contributed by atoms with E-state index in [9.17, 15) is 9.18 Å². The number of carbonyl (C=O) groups excluding carboxylic acids is 1. The van der Waals surface area contributed by atoms with E-state index in [4.69, 9.17) is 4.52 Å². The predicted octanol–water partition coefficient (Wildman–Crippen LogP) is 1.94. The molecule has 18 heavy (non-hydrogen) atoms. The Balaban J connectivity index is 1.89. The van der Waals surface area contributed by atoms with E-state index < -0.39 is 5.82 Å². The Morgan fingerprint density at radius 2 is 2.33 bits per heavy atom. The highest BCUT2D eigenvalue weighted by Crippen LogP contribution is 2.16. The van der Waals surface area contributed by atoms with Gasteiger partial charge in [0.1, 0.15) is 5.82 Å². The Morgan fingerprint density at radius 1 is 1.50 bits per heavy atom. The molecule has 0 saturated heterocycles. The van der Waals surface area contributed by atoms with E-state index in [1.54, 1.807) is 0 Å². The largest absolute Gasteiger partial charge is 0.352 e. The van der Waals surface area contributed by atoms with E-state index in [1.807, 2.05) is 0 Å². The van der Waals surface area contributed by atoms with Gasteiger partial charge in [-0.25, -0.2) is 4.39 Å². The normalized spacial score (nSPS) is 10.3. The quantitative estimate of drug-likeness (QED) is 0.936. The average Bonchev–Trinajstić information content (AvgIpc) is 2.85. The Kier molecular flexibility index (Phi) is 4.03. The van der Waals surface area contributed by atoms with Crippen LogP contribution >= 0.6 is 15.9 Å². The molecule has 0 aliphatic carbocycles. The molecular formula is C11H9BrFN3O2. The summed E-state index contributed by atoms with van der Waals surface area (Å²) < 4.78 is 18.3. The zero-order valence-electron chi connectivity index (χ0n) is 9.19. The monoisotopic (exact) mass is 313 g/mol. The summed E-state index contributed by atoms with van der Waals surface area (Å²) in [6.45, 7) is 0.346. The number of benzene rings is 1. The van der Waals surface area contributed by atoms with Gasteiger partial charge >= 0.3 is 0 Å². The van der Waals surface area contributed by atoms with Gasteiger partial charge in [-0.1, -0.05) is 5.16 Å². The lowest BCUT2D eigenvalue weighted by molar-refractivity contribution is 0.0953. The molecule has 0 aliphatic heterocycles. The molecule has 1 amide bonds. The van der Waals surface area contributed by atoms with Crippen LogP contribution in [0.15, 0.2) is 33.5 Å². The van der Waals surface area contributed by atoms with Gasteiger partial charge < -0.3 is 9.84 Å². The van der Waals surface area contributed by atoms with Crippen molar-refractivity contribution in [1.29, 1.82) is 0 Å². The summed E-state index contributed by atoms with van der Waals surface area (Å²) in [5, 5.41) is 6.08. The smallest absolute Gasteiger partial charge is 0.251 e. The number of halogens is 2. The lowest BCUT2D eigenvalue weighted by atomic mass is 10.2. The maximum absolute atomic E-state index is 13.2. The topological polar surface area (TPSA) is 68.0 Å². The highest BCUT2D eigenvalue weighted by atomic mass is 79.9. The van der Waals surface area contributed by atoms with Crippen LogP contribution in [-0.4, -0.2) is 22.6 Å². The van der Waals surface area contributed by atoms with Crippen LogP contribution < -0.4 is 5.32 Å². The molecule has 1 N–H and O–H groups in total. The second-order valence-electron chi connectivity index (χ2n) is 3.47. The Hall–Kier alpha value is -1.76. The van der Waals surface area contributed by atoms with Crippen LogP contribution in [0.25, 0.3) is 0 Å². The van der Waals surface area contributed by atoms with Gasteiger partial charge in [0.05, 0.1) is 4.47 Å². The fourth-order valence-electron chi connectivity index (χ4n) is 1.33. The van der Waals surface area contributed by atoms with Crippen molar-refractivity contribution >= 4 is 21.8 Å². The molecule has 0 fully saturated rings. The zero-order valence-corrected chi connectivity index (χ0v) is 10.8. The SMILES string of the molecule is O=C(NCCc1ncno1)c1ccc(Br)c(F)c1. The first-order valence-corrected chi connectivity index (χ1v) is 5.95. The standard InChI is InChI=1S/C11H9BrFN3O2/c12-8-2-1-7(5-9(8)13)11(17)14-4-3-10-15-6-16-18-10/h1-2,5-6H,3-4H2,(H,14,17). The predicted molar refractivity (Wildman–Crippen MR) is 64.4 cm³/mol. The van der Waals surface area contributed by atoms with Gasteiger partial charge in [-0.2, -0.15) is 4.98 Å². The molecule has 94 valence electrons. The van der Waals surface area contributed by atoms with E-state index in [0.717, 1.165) is 0 Å². The Labute approximate surface area is 111 Å². The van der Waals surface area contributed by atoms with E-state index in [1.165, 1.54) is 24.5 Å². The summed E-state index contributed by atoms with van der Waals surface area (Å²) in [5.74, 6) is -0.377. The molecule has 0 bridgehead atoms. The van der Waals surface area contributed by atoms with Crippen LogP contribution in [0.3, 0.4) is 0 Å². The molecule has 2 rings (SSSR count). The number of nitrogens with zero attached hydrogens (tertiary/aromatic N) is 2. The molecule has 1 heterocycles. The summed E-state index contributed by atoms with van der Waals surface area (Å²) >= 11 is 3.02. The first kappa shape index (κ1) is 12.7. The highest BCUT2D eigenvalue weighted by Gasteiger charge is 2.08. The Bertz CT molecular complexity index is 545. The molecule has 1 aromatic carbocycles. The Morgan fingerprint density at radius 3 is 3.00 bits per heavy atom. The van der Waals surface area contributed by atoms with Crippen molar-refractivity contribution in [2.45, 2.75) is 6.42 Å². The van der Waals surface area contributed by atoms with Crippen molar-refractivity contribution in [3.63, 3.8) is 0 Å². The van der Waals surface area contributed by atoms with Crippen molar-refractivity contribution in [3.05, 3.63) is 46.3 Å². The number of carbonyl (C=O) groups is 1. The second kappa shape index (κ2) is 5.72. The summed E-state index contributed by atoms with van der Waals surface area (Å²) in [7, 11) is 0. The van der Waals surface area contributed by atoms with Crippen molar-refractivity contribution in [2.24, 2.45) is 0 Å². The van der Waals surface area contributed by atoms with E-state index >= 15 is 0 Å². The van der Waals surface area contributed by atoms with Gasteiger partial charge in [0.15, 0.2) is 6.33 Å². The third-order valence-corrected chi connectivity index (χ3v) is 2.86. The highest BCUT2D eigenvalue weighted by molar-refractivity contribution is 9.10. The summed E-state index contributed by atoms with van der Waals surface area (Å²) in [5.41, 5.74) is 0.265. The third kappa shape index (κ3) is 3.13. The lowest BCUT2D eigenvalue weighted by Crippen LogP contribution is -2.25. The lowest BCUT2D eigenvalue weighted by Gasteiger charge is -2.04. The van der Waals surface area contributed by atoms with Crippen molar-refractivity contribution in [1.82, 2.24) is 15.5 Å². The number of hydrogen-bond donors (Lipinski definition) is 1. The molecule has 0 aliphatic rings. The average molecular weight is 314 g/mol. The second-order valence-corrected chi connectivity index (χ2v) is 4.32. The number of nitrogens with one attached hydrogen (secondary N) is 1. The third-order valence-electron chi connectivity index (χ3n) is 2.21. The van der Waals surface area contributed by atoms with Gasteiger partial charge in [0.25, 0.3) is 5.91 Å². The minimum Gasteiger partial charge on any atom is -0.352 e. The minimum atomic E-state index is -0.473. The number of amides is 1. The van der Waals surface area contributed by atoms with Crippen LogP contribution in [0.5, 0.6) is 0 Å². The molecule has 2 aromatic rings. The maximum Gasteiger partial charge on any atom is 0.251 e. The molecule has 0 saturated carbocycles. The van der Waals surface area contributed by atoms with Crippen LogP contribution in [0.1, 0.15) is 16.2 Å². The molecular weight excluding hydrogens is 305 g/mol. The van der Waals surface area contributed by atoms with Crippen LogP contribution in [0, 0.1) is 5.82 Å². The minimum absolute atomic E-state index is 0.265. The molecule has 0 unspecified atom stereocenters. The first-order chi connectivity index (χ1) is 8.66. The number of rotatable bonds is 4. The van der Waals surface area contributed by atoms with E-state index in [-0.39, 0.29) is 11.5 Å². The summed E-state index contributed by atoms with van der Waals surface area (Å²) in [6, 6.07) is 4.20. The molecule has 1 aromatic heterocycles. The van der Waals surface area contributed by atoms with Crippen LogP contribution in [0.2, 0.25) is 0 Å². The van der Waals surface area contributed by atoms with Gasteiger partial charge in [0, 0.05) is 18.5 Å². The fraction of sp³-hybridized carbons (Fsp3) is 0.182. The van der Waals surface area contributed by atoms with Crippen molar-refractivity contribution < 1.29 is 13.7 Å². The maximum atomic E-state index is 13.2. The van der Waals surface area contributed by atoms with E-state index in [0.29, 0.717) is 23.3 Å². The van der Waals surface area contributed by atoms with Crippen molar-refractivity contribution in [3.8, 4) is 0 Å². The van der Waals surface area contributed by atoms with Gasteiger partial charge in [-0.3, -0.25) is 4.79 Å². The van der Waals surface area contributed by atoms with Crippen LogP contribution in [-0.2, 0) is 6.42 Å². The number of hydrogen-bond acceptors (Lipinski definition) is 4. The molecule has 5 nitrogen and oxygen atoms in total. The van der Waals surface area contributed by atoms with Gasteiger partial charge in [0.2, 0.25) is 5.89 Å². The molecule has 0 radical (unpaired) electrons. The van der Waals surface area contributed by atoms with E-state index in [2.05, 4.69) is 31.4 Å². The van der Waals surface area contributed by atoms with Gasteiger partial charge in [-0.05, 0) is 34.1 Å².